The smallest absolute Gasteiger partial charge is 0.213 e. The summed E-state index contributed by atoms with van der Waals surface area (Å²) in [6.07, 6.45) is 2.74. The van der Waals surface area contributed by atoms with Gasteiger partial charge >= 0.3 is 0 Å². The van der Waals surface area contributed by atoms with Crippen molar-refractivity contribution in [3.05, 3.63) is 23.4 Å². The highest BCUT2D eigenvalue weighted by atomic mass is 16.5. The van der Waals surface area contributed by atoms with E-state index in [1.54, 1.807) is 0 Å². The second-order valence-electron chi connectivity index (χ2n) is 3.33. The summed E-state index contributed by atoms with van der Waals surface area (Å²) in [5, 5.41) is 0. The highest BCUT2D eigenvalue weighted by Crippen LogP contribution is 2.20. The van der Waals surface area contributed by atoms with E-state index in [-0.39, 0.29) is 6.04 Å². The number of aryl methyl sites for hydroxylation is 1. The van der Waals surface area contributed by atoms with E-state index in [0.29, 0.717) is 12.5 Å². The van der Waals surface area contributed by atoms with Gasteiger partial charge in [-0.2, -0.15) is 0 Å². The highest BCUT2D eigenvalue weighted by Gasteiger charge is 2.08. The summed E-state index contributed by atoms with van der Waals surface area (Å²) in [4.78, 5) is 4.20. The van der Waals surface area contributed by atoms with E-state index in [1.165, 1.54) is 0 Å². The summed E-state index contributed by atoms with van der Waals surface area (Å²) >= 11 is 0. The standard InChI is InChI=1S/C11H18N2O/c1-4-10(12)9-7-13-11(14-5-2)6-8(9)3/h6-7,10H,4-5,12H2,1-3H3/t10-/m1/s1. The topological polar surface area (TPSA) is 48.1 Å². The fourth-order valence-corrected chi connectivity index (χ4v) is 1.38. The third-order valence-corrected chi connectivity index (χ3v) is 2.26. The van der Waals surface area contributed by atoms with Crippen molar-refractivity contribution in [2.24, 2.45) is 5.73 Å². The zero-order chi connectivity index (χ0) is 10.6. The van der Waals surface area contributed by atoms with Crippen LogP contribution in [0.2, 0.25) is 0 Å². The molecule has 0 saturated carbocycles. The normalized spacial score (nSPS) is 12.6. The first-order valence-corrected chi connectivity index (χ1v) is 5.04. The fraction of sp³-hybridized carbons (Fsp3) is 0.545. The molecule has 78 valence electrons. The van der Waals surface area contributed by atoms with Crippen molar-refractivity contribution >= 4 is 0 Å². The van der Waals surface area contributed by atoms with Gasteiger partial charge in [-0.1, -0.05) is 6.92 Å². The van der Waals surface area contributed by atoms with Gasteiger partial charge in [0.2, 0.25) is 5.88 Å². The van der Waals surface area contributed by atoms with Crippen molar-refractivity contribution in [2.75, 3.05) is 6.61 Å². The minimum atomic E-state index is 0.0816. The van der Waals surface area contributed by atoms with Crippen LogP contribution in [0.15, 0.2) is 12.3 Å². The SMILES string of the molecule is CCOc1cc(C)c([C@H](N)CC)cn1. The van der Waals surface area contributed by atoms with E-state index >= 15 is 0 Å². The van der Waals surface area contributed by atoms with E-state index in [1.807, 2.05) is 26.1 Å². The minimum Gasteiger partial charge on any atom is -0.478 e. The zero-order valence-electron chi connectivity index (χ0n) is 9.08. The number of nitrogens with zero attached hydrogens (tertiary/aromatic N) is 1. The number of aromatic nitrogens is 1. The lowest BCUT2D eigenvalue weighted by Gasteiger charge is -2.12. The molecule has 1 aromatic rings. The van der Waals surface area contributed by atoms with Gasteiger partial charge in [-0.15, -0.1) is 0 Å². The fourth-order valence-electron chi connectivity index (χ4n) is 1.38. The van der Waals surface area contributed by atoms with Crippen molar-refractivity contribution in [3.8, 4) is 5.88 Å². The van der Waals surface area contributed by atoms with Crippen LogP contribution in [0, 0.1) is 6.92 Å². The Morgan fingerprint density at radius 3 is 2.71 bits per heavy atom. The molecule has 0 spiro atoms. The summed E-state index contributed by atoms with van der Waals surface area (Å²) in [7, 11) is 0. The van der Waals surface area contributed by atoms with Gasteiger partial charge in [0.15, 0.2) is 0 Å². The molecule has 0 unspecified atom stereocenters. The number of hydrogen-bond donors (Lipinski definition) is 1. The van der Waals surface area contributed by atoms with E-state index in [0.717, 1.165) is 17.5 Å². The van der Waals surface area contributed by atoms with Crippen LogP contribution in [-0.2, 0) is 0 Å². The van der Waals surface area contributed by atoms with E-state index in [2.05, 4.69) is 11.9 Å². The van der Waals surface area contributed by atoms with Crippen molar-refractivity contribution in [1.82, 2.24) is 4.98 Å². The van der Waals surface area contributed by atoms with Crippen LogP contribution in [0.4, 0.5) is 0 Å². The van der Waals surface area contributed by atoms with Crippen LogP contribution >= 0.6 is 0 Å². The van der Waals surface area contributed by atoms with Crippen molar-refractivity contribution in [1.29, 1.82) is 0 Å². The van der Waals surface area contributed by atoms with Crippen LogP contribution in [0.3, 0.4) is 0 Å². The predicted molar refractivity (Wildman–Crippen MR) is 57.4 cm³/mol. The molecule has 2 N–H and O–H groups in total. The van der Waals surface area contributed by atoms with Gasteiger partial charge in [-0.25, -0.2) is 4.98 Å². The molecule has 0 bridgehead atoms. The van der Waals surface area contributed by atoms with E-state index in [4.69, 9.17) is 10.5 Å². The molecule has 1 heterocycles. The number of ether oxygens (including phenoxy) is 1. The van der Waals surface area contributed by atoms with Gasteiger partial charge in [0, 0.05) is 18.3 Å². The molecule has 1 atom stereocenters. The first kappa shape index (κ1) is 11.0. The maximum Gasteiger partial charge on any atom is 0.213 e. The molecule has 1 rings (SSSR count). The molecule has 0 fully saturated rings. The Morgan fingerprint density at radius 2 is 2.21 bits per heavy atom. The molecule has 14 heavy (non-hydrogen) atoms. The molecule has 0 radical (unpaired) electrons. The van der Waals surface area contributed by atoms with Crippen LogP contribution in [0.25, 0.3) is 0 Å². The highest BCUT2D eigenvalue weighted by molar-refractivity contribution is 5.30. The quantitative estimate of drug-likeness (QED) is 0.799. The third kappa shape index (κ3) is 2.45. The Morgan fingerprint density at radius 1 is 1.50 bits per heavy atom. The van der Waals surface area contributed by atoms with Crippen LogP contribution in [-0.4, -0.2) is 11.6 Å². The maximum absolute atomic E-state index is 5.94. The lowest BCUT2D eigenvalue weighted by atomic mass is 10.0. The second-order valence-corrected chi connectivity index (χ2v) is 3.33. The first-order chi connectivity index (χ1) is 6.69. The molecule has 0 aliphatic heterocycles. The van der Waals surface area contributed by atoms with Crippen molar-refractivity contribution in [3.63, 3.8) is 0 Å². The predicted octanol–water partition coefficient (Wildman–Crippen LogP) is 2.20. The molecule has 3 nitrogen and oxygen atoms in total. The molecule has 0 aromatic carbocycles. The molecule has 0 aliphatic rings. The average molecular weight is 194 g/mol. The summed E-state index contributed by atoms with van der Waals surface area (Å²) in [6, 6.07) is 2.02. The van der Waals surface area contributed by atoms with Gasteiger partial charge in [0.05, 0.1) is 6.61 Å². The molecular formula is C11H18N2O. The summed E-state index contributed by atoms with van der Waals surface area (Å²) in [5.41, 5.74) is 8.20. The largest absolute Gasteiger partial charge is 0.478 e. The molecular weight excluding hydrogens is 176 g/mol. The van der Waals surface area contributed by atoms with Crippen molar-refractivity contribution < 1.29 is 4.74 Å². The van der Waals surface area contributed by atoms with Gasteiger partial charge in [0.25, 0.3) is 0 Å². The Hall–Kier alpha value is -1.09. The minimum absolute atomic E-state index is 0.0816. The monoisotopic (exact) mass is 194 g/mol. The van der Waals surface area contributed by atoms with Crippen molar-refractivity contribution in [2.45, 2.75) is 33.2 Å². The molecule has 0 amide bonds. The van der Waals surface area contributed by atoms with Gasteiger partial charge in [-0.05, 0) is 31.4 Å². The Balaban J connectivity index is 2.89. The van der Waals surface area contributed by atoms with Gasteiger partial charge in [-0.3, -0.25) is 0 Å². The van der Waals surface area contributed by atoms with Gasteiger partial charge < -0.3 is 10.5 Å². The maximum atomic E-state index is 5.94. The van der Waals surface area contributed by atoms with Crippen LogP contribution < -0.4 is 10.5 Å². The lowest BCUT2D eigenvalue weighted by molar-refractivity contribution is 0.326. The average Bonchev–Trinajstić information content (AvgIpc) is 2.17. The Labute approximate surface area is 85.3 Å². The Bertz CT molecular complexity index is 299. The zero-order valence-corrected chi connectivity index (χ0v) is 9.08. The second kappa shape index (κ2) is 4.96. The van der Waals surface area contributed by atoms with Crippen LogP contribution in [0.5, 0.6) is 5.88 Å². The molecule has 3 heteroatoms. The van der Waals surface area contributed by atoms with Gasteiger partial charge in [0.1, 0.15) is 0 Å². The summed E-state index contributed by atoms with van der Waals surface area (Å²) < 4.78 is 5.30. The van der Waals surface area contributed by atoms with E-state index in [9.17, 15) is 0 Å². The van der Waals surface area contributed by atoms with E-state index < -0.39 is 0 Å². The first-order valence-electron chi connectivity index (χ1n) is 5.04. The number of pyridine rings is 1. The Kier molecular flexibility index (Phi) is 3.89. The molecule has 0 aliphatic carbocycles. The van der Waals surface area contributed by atoms with Crippen LogP contribution in [0.1, 0.15) is 37.4 Å². The number of rotatable bonds is 4. The molecule has 1 aromatic heterocycles. The summed E-state index contributed by atoms with van der Waals surface area (Å²) in [5.74, 6) is 0.678. The lowest BCUT2D eigenvalue weighted by Crippen LogP contribution is -2.11. The molecule has 0 saturated heterocycles. The summed E-state index contributed by atoms with van der Waals surface area (Å²) in [6.45, 7) is 6.70. The number of nitrogens with two attached hydrogens (primary N) is 1. The number of hydrogen-bond acceptors (Lipinski definition) is 3. The third-order valence-electron chi connectivity index (χ3n) is 2.26.